The molecule has 3 fully saturated rings. The fraction of sp³-hybridized carbons (Fsp3) is 0.755. The Morgan fingerprint density at radius 3 is 1.49 bits per heavy atom. The Bertz CT molecular complexity index is 2250. The number of amides is 1. The summed E-state index contributed by atoms with van der Waals surface area (Å²) in [6.07, 6.45) is -27.7. The molecule has 1 N–H and O–H groups in total. The molecule has 0 aromatic carbocycles. The Labute approximate surface area is 461 Å². The van der Waals surface area contributed by atoms with Gasteiger partial charge in [0.15, 0.2) is 49.2 Å². The van der Waals surface area contributed by atoms with Crippen LogP contribution in [0, 0.1) is 0 Å². The molecule has 0 aromatic rings. The highest BCUT2D eigenvalue weighted by molar-refractivity contribution is 6.76. The maximum Gasteiger partial charge on any atom is 0.366 e. The molecule has 3 aliphatic rings. The summed E-state index contributed by atoms with van der Waals surface area (Å²) in [5.74, 6) is -15.6. The molecule has 0 aliphatic carbocycles. The maximum absolute atomic E-state index is 14.8. The van der Waals surface area contributed by atoms with Crippen LogP contribution in [0.1, 0.15) is 82.6 Å². The van der Waals surface area contributed by atoms with Gasteiger partial charge < -0.3 is 85.8 Å². The smallest absolute Gasteiger partial charge is 0.366 e. The van der Waals surface area contributed by atoms with E-state index in [2.05, 4.69) is 25.0 Å². The highest BCUT2D eigenvalue weighted by atomic mass is 28.3. The first kappa shape index (κ1) is 67.9. The number of nitrogens with one attached hydrogen (secondary N) is 1. The Morgan fingerprint density at radius 1 is 0.550 bits per heavy atom. The van der Waals surface area contributed by atoms with Crippen LogP contribution >= 0.6 is 0 Å². The third-order valence-corrected chi connectivity index (χ3v) is 13.2. The number of carbonyl (C=O) groups excluding carboxylic acids is 12. The molecule has 16 atom stereocenters. The molecule has 3 aliphatic heterocycles. The molecular formula is C49H73NO29Si. The van der Waals surface area contributed by atoms with Crippen LogP contribution in [0.4, 0.5) is 0 Å². The monoisotopic (exact) mass is 1170 g/mol. The summed E-state index contributed by atoms with van der Waals surface area (Å²) < 4.78 is 99.4. The summed E-state index contributed by atoms with van der Waals surface area (Å²) in [6.45, 7) is 14.5. The van der Waals surface area contributed by atoms with Gasteiger partial charge in [0.25, 0.3) is 5.79 Å². The molecule has 0 unspecified atom stereocenters. The van der Waals surface area contributed by atoms with E-state index in [1.165, 1.54) is 0 Å². The van der Waals surface area contributed by atoms with E-state index < -0.39 is 204 Å². The zero-order chi connectivity index (χ0) is 60.6. The molecule has 0 bridgehead atoms. The molecule has 80 heavy (non-hydrogen) atoms. The molecule has 31 heteroatoms. The Balaban J connectivity index is 2.53. The van der Waals surface area contributed by atoms with E-state index in [1.807, 2.05) is 0 Å². The van der Waals surface area contributed by atoms with Crippen molar-refractivity contribution in [2.45, 2.75) is 206 Å². The van der Waals surface area contributed by atoms with Crippen molar-refractivity contribution < 1.29 is 138 Å². The van der Waals surface area contributed by atoms with Crippen molar-refractivity contribution in [3.63, 3.8) is 0 Å². The average Bonchev–Trinajstić information content (AvgIpc) is 3.30. The topological polar surface area (TPSA) is 374 Å². The lowest BCUT2D eigenvalue weighted by atomic mass is 9.89. The van der Waals surface area contributed by atoms with Gasteiger partial charge in [0.2, 0.25) is 5.91 Å². The van der Waals surface area contributed by atoms with Gasteiger partial charge in [-0.1, -0.05) is 19.6 Å². The van der Waals surface area contributed by atoms with Crippen molar-refractivity contribution in [1.82, 2.24) is 5.32 Å². The van der Waals surface area contributed by atoms with Gasteiger partial charge in [-0.15, -0.1) is 0 Å². The van der Waals surface area contributed by atoms with Gasteiger partial charge in [0.05, 0.1) is 19.6 Å². The highest BCUT2D eigenvalue weighted by Crippen LogP contribution is 2.42. The first-order valence-electron chi connectivity index (χ1n) is 25.1. The quantitative estimate of drug-likeness (QED) is 0.0541. The van der Waals surface area contributed by atoms with Crippen molar-refractivity contribution in [3.05, 3.63) is 0 Å². The third kappa shape index (κ3) is 20.9. The predicted octanol–water partition coefficient (Wildman–Crippen LogP) is -0.0645. The van der Waals surface area contributed by atoms with E-state index in [0.29, 0.717) is 6.04 Å². The van der Waals surface area contributed by atoms with Crippen molar-refractivity contribution in [2.75, 3.05) is 33.5 Å². The minimum Gasteiger partial charge on any atom is -0.465 e. The molecule has 3 saturated heterocycles. The predicted molar refractivity (Wildman–Crippen MR) is 262 cm³/mol. The number of hydrogen-bond donors (Lipinski definition) is 1. The lowest BCUT2D eigenvalue weighted by molar-refractivity contribution is -0.387. The highest BCUT2D eigenvalue weighted by Gasteiger charge is 2.64. The fourth-order valence-electron chi connectivity index (χ4n) is 8.64. The molecule has 0 spiro atoms. The molecule has 1 amide bonds. The Morgan fingerprint density at radius 2 is 1.02 bits per heavy atom. The summed E-state index contributed by atoms with van der Waals surface area (Å²) in [5, 5.41) is 2.51. The first-order chi connectivity index (χ1) is 37.2. The SMILES string of the molecule is CO[13C](=O)[C@@]1(O[C@H]2[C@@H](OC(C)=O)[C@@H](COC(C)=O)O[C@@H](O[C@H]3[C@H](OC(C)=O)[C@@H](OC(C)=O)[C@H](OCC[Si](C)(C)C)O[C@@H]3COC(C)=O)[C@@H]2OC(C)=O)C[C@H](OC(C)=O)[C@@H](NC(C)=O)[C@H]([C@H](OC(C)=O)[C@@H](COC(C)=O)OC(C)=O)O1. The van der Waals surface area contributed by atoms with Gasteiger partial charge in [-0.25, -0.2) is 4.79 Å². The van der Waals surface area contributed by atoms with Gasteiger partial charge >= 0.3 is 65.7 Å². The second-order valence-corrected chi connectivity index (χ2v) is 25.4. The van der Waals surface area contributed by atoms with Crippen LogP contribution in [0.2, 0.25) is 25.7 Å². The van der Waals surface area contributed by atoms with Crippen molar-refractivity contribution >= 4 is 79.6 Å². The van der Waals surface area contributed by atoms with E-state index in [-0.39, 0.29) is 6.61 Å². The van der Waals surface area contributed by atoms with E-state index in [4.69, 9.17) is 80.5 Å². The molecule has 0 saturated carbocycles. The Kier molecular flexibility index (Phi) is 25.8. The molecular weight excluding hydrogens is 1100 g/mol. The molecule has 0 radical (unpaired) electrons. The summed E-state index contributed by atoms with van der Waals surface area (Å²) in [7, 11) is -0.970. The largest absolute Gasteiger partial charge is 0.465 e. The molecule has 452 valence electrons. The summed E-state index contributed by atoms with van der Waals surface area (Å²) >= 11 is 0. The fourth-order valence-corrected chi connectivity index (χ4v) is 9.37. The summed E-state index contributed by atoms with van der Waals surface area (Å²) in [6, 6.07) is -1.15. The lowest BCUT2D eigenvalue weighted by Gasteiger charge is -2.52. The van der Waals surface area contributed by atoms with Crippen LogP contribution in [0.15, 0.2) is 0 Å². The van der Waals surface area contributed by atoms with Crippen LogP contribution in [0.5, 0.6) is 0 Å². The van der Waals surface area contributed by atoms with Crippen LogP contribution in [0.25, 0.3) is 0 Å². The molecule has 0 aromatic heterocycles. The zero-order valence-electron chi connectivity index (χ0n) is 47.2. The Hall–Kier alpha value is -6.38. The molecule has 3 heterocycles. The summed E-state index contributed by atoms with van der Waals surface area (Å²) in [5.41, 5.74) is 0. The third-order valence-electron chi connectivity index (χ3n) is 11.5. The van der Waals surface area contributed by atoms with Gasteiger partial charge in [-0.2, -0.15) is 0 Å². The minimum atomic E-state index is -3.14. The van der Waals surface area contributed by atoms with Crippen molar-refractivity contribution in [1.29, 1.82) is 0 Å². The first-order valence-corrected chi connectivity index (χ1v) is 28.8. The van der Waals surface area contributed by atoms with Crippen molar-refractivity contribution in [3.8, 4) is 0 Å². The minimum absolute atomic E-state index is 0.0401. The number of ether oxygens (including phenoxy) is 17. The van der Waals surface area contributed by atoms with Crippen LogP contribution in [-0.2, 0) is 138 Å². The lowest BCUT2D eigenvalue weighted by Crippen LogP contribution is -2.72. The van der Waals surface area contributed by atoms with Crippen LogP contribution in [0.3, 0.4) is 0 Å². The van der Waals surface area contributed by atoms with Gasteiger partial charge in [0, 0.05) is 90.8 Å². The van der Waals surface area contributed by atoms with Crippen molar-refractivity contribution in [2.24, 2.45) is 0 Å². The standard InChI is InChI=1S/C49H73NO29Si/c1-22(51)50-37-33(68-26(5)55)18-49(48(62)63-12,78-41(37)38(70-28(7)57)34(69-27(6)56)19-65-23(2)52)79-43-40(71-29(8)58)36(21-67-25(4)54)76-47(45(43)74-32(11)61)77-39-35(20-66-24(3)53)75-46(64-16-17-80(13,14)15)44(73-31(10)60)42(39)72-30(9)59/h33-47H,16-21H2,1-15H3,(H,50,51)/t33-,34+,35+,36+,37+,38+,39+,40-,41+,42-,43-,44+,45+,46+,47-,49-/m0/s1/i48+1. The number of rotatable bonds is 25. The van der Waals surface area contributed by atoms with Gasteiger partial charge in [-0.05, 0) is 6.04 Å². The van der Waals surface area contributed by atoms with Crippen LogP contribution < -0.4 is 5.32 Å². The van der Waals surface area contributed by atoms with Gasteiger partial charge in [-0.3, -0.25) is 52.7 Å². The zero-order valence-corrected chi connectivity index (χ0v) is 48.2. The maximum atomic E-state index is 14.8. The van der Waals surface area contributed by atoms with Crippen LogP contribution in [-0.4, -0.2) is 211 Å². The molecule has 30 nitrogen and oxygen atoms in total. The normalized spacial score (nSPS) is 29.1. The second-order valence-electron chi connectivity index (χ2n) is 19.8. The number of methoxy groups -OCH3 is 1. The molecule has 3 rings (SSSR count). The second kappa shape index (κ2) is 30.4. The number of hydrogen-bond acceptors (Lipinski definition) is 29. The van der Waals surface area contributed by atoms with E-state index in [1.54, 1.807) is 0 Å². The van der Waals surface area contributed by atoms with Gasteiger partial charge in [0.1, 0.15) is 56.4 Å². The number of esters is 11. The van der Waals surface area contributed by atoms with E-state index in [9.17, 15) is 57.5 Å². The average molecular weight is 1170 g/mol. The van der Waals surface area contributed by atoms with E-state index in [0.717, 1.165) is 83.3 Å². The summed E-state index contributed by atoms with van der Waals surface area (Å²) in [4.78, 5) is 156. The number of carbonyl (C=O) groups is 12. The van der Waals surface area contributed by atoms with E-state index >= 15 is 0 Å².